The third-order valence-corrected chi connectivity index (χ3v) is 2.23. The Morgan fingerprint density at radius 3 is 3.00 bits per heavy atom. The van der Waals surface area contributed by atoms with Gasteiger partial charge in [0.25, 0.3) is 0 Å². The lowest BCUT2D eigenvalue weighted by molar-refractivity contribution is -0.144. The van der Waals surface area contributed by atoms with Gasteiger partial charge in [0, 0.05) is 6.42 Å². The zero-order valence-electron chi connectivity index (χ0n) is 7.28. The van der Waals surface area contributed by atoms with E-state index < -0.39 is 12.1 Å². The number of hydrogen-bond acceptors (Lipinski definition) is 2. The van der Waals surface area contributed by atoms with Crippen molar-refractivity contribution < 1.29 is 14.6 Å². The number of rotatable bonds is 1. The Balaban J connectivity index is 2.35. The van der Waals surface area contributed by atoms with E-state index >= 15 is 0 Å². The van der Waals surface area contributed by atoms with Crippen molar-refractivity contribution in [2.45, 2.75) is 19.4 Å². The first-order chi connectivity index (χ1) is 6.18. The molecule has 0 fully saturated rings. The van der Waals surface area contributed by atoms with Crippen LogP contribution in [-0.4, -0.2) is 17.2 Å². The van der Waals surface area contributed by atoms with Crippen molar-refractivity contribution >= 4 is 5.97 Å². The van der Waals surface area contributed by atoms with Crippen LogP contribution < -0.4 is 4.74 Å². The van der Waals surface area contributed by atoms with E-state index in [4.69, 9.17) is 9.84 Å². The molecule has 1 heterocycles. The maximum atomic E-state index is 10.7. The predicted octanol–water partition coefficient (Wildman–Crippen LogP) is 1.38. The summed E-state index contributed by atoms with van der Waals surface area (Å²) in [7, 11) is 0. The highest BCUT2D eigenvalue weighted by Gasteiger charge is 2.29. The van der Waals surface area contributed by atoms with Gasteiger partial charge >= 0.3 is 5.97 Å². The number of carbonyl (C=O) groups is 1. The minimum absolute atomic E-state index is 0.479. The van der Waals surface area contributed by atoms with Gasteiger partial charge in [-0.05, 0) is 18.1 Å². The van der Waals surface area contributed by atoms with Crippen molar-refractivity contribution in [3.05, 3.63) is 29.3 Å². The number of hydrogen-bond donors (Lipinski definition) is 1. The zero-order chi connectivity index (χ0) is 9.42. The first-order valence-electron chi connectivity index (χ1n) is 4.16. The molecule has 0 radical (unpaired) electrons. The SMILES string of the molecule is Cc1cccc2c1O[C@H](C(=O)O)C2. The maximum Gasteiger partial charge on any atom is 0.345 e. The Morgan fingerprint density at radius 2 is 2.38 bits per heavy atom. The molecule has 0 aromatic heterocycles. The van der Waals surface area contributed by atoms with Gasteiger partial charge in [-0.1, -0.05) is 18.2 Å². The van der Waals surface area contributed by atoms with Crippen LogP contribution in [0.5, 0.6) is 5.75 Å². The van der Waals surface area contributed by atoms with E-state index in [2.05, 4.69) is 0 Å². The van der Waals surface area contributed by atoms with E-state index in [0.717, 1.165) is 16.9 Å². The molecule has 68 valence electrons. The summed E-state index contributed by atoms with van der Waals surface area (Å²) in [4.78, 5) is 10.7. The summed E-state index contributed by atoms with van der Waals surface area (Å²) in [6.45, 7) is 1.92. The van der Waals surface area contributed by atoms with Crippen LogP contribution in [0.25, 0.3) is 0 Å². The van der Waals surface area contributed by atoms with E-state index in [1.54, 1.807) is 0 Å². The Labute approximate surface area is 76.0 Å². The molecule has 0 aliphatic carbocycles. The Morgan fingerprint density at radius 1 is 1.62 bits per heavy atom. The van der Waals surface area contributed by atoms with Crippen LogP contribution in [0.15, 0.2) is 18.2 Å². The summed E-state index contributed by atoms with van der Waals surface area (Å²) in [5.41, 5.74) is 1.99. The predicted molar refractivity (Wildman–Crippen MR) is 46.9 cm³/mol. The molecule has 1 N–H and O–H groups in total. The van der Waals surface area contributed by atoms with Crippen LogP contribution in [0.3, 0.4) is 0 Å². The van der Waals surface area contributed by atoms with Crippen LogP contribution in [0, 0.1) is 6.92 Å². The molecule has 13 heavy (non-hydrogen) atoms. The molecule has 0 bridgehead atoms. The molecule has 1 aromatic carbocycles. The van der Waals surface area contributed by atoms with E-state index in [0.29, 0.717) is 6.42 Å². The number of benzene rings is 1. The molecule has 1 aromatic rings. The Kier molecular flexibility index (Phi) is 1.72. The molecule has 1 aliphatic heterocycles. The van der Waals surface area contributed by atoms with Crippen molar-refractivity contribution in [1.29, 1.82) is 0 Å². The number of carboxylic acid groups (broad SMARTS) is 1. The van der Waals surface area contributed by atoms with E-state index in [9.17, 15) is 4.79 Å². The zero-order valence-corrected chi connectivity index (χ0v) is 7.28. The minimum Gasteiger partial charge on any atom is -0.478 e. The van der Waals surface area contributed by atoms with Gasteiger partial charge in [-0.25, -0.2) is 4.79 Å². The Bertz CT molecular complexity index is 357. The highest BCUT2D eigenvalue weighted by molar-refractivity contribution is 5.75. The molecule has 1 atom stereocenters. The van der Waals surface area contributed by atoms with E-state index in [1.165, 1.54) is 0 Å². The van der Waals surface area contributed by atoms with Crippen molar-refractivity contribution in [1.82, 2.24) is 0 Å². The van der Waals surface area contributed by atoms with Gasteiger partial charge in [0.1, 0.15) is 5.75 Å². The van der Waals surface area contributed by atoms with Crippen LogP contribution in [0.4, 0.5) is 0 Å². The summed E-state index contributed by atoms with van der Waals surface area (Å²) < 4.78 is 5.30. The van der Waals surface area contributed by atoms with Gasteiger partial charge in [-0.3, -0.25) is 0 Å². The number of para-hydroxylation sites is 1. The van der Waals surface area contributed by atoms with Crippen molar-refractivity contribution in [2.24, 2.45) is 0 Å². The molecule has 1 aliphatic rings. The fraction of sp³-hybridized carbons (Fsp3) is 0.300. The third kappa shape index (κ3) is 1.26. The number of ether oxygens (including phenoxy) is 1. The van der Waals surface area contributed by atoms with Gasteiger partial charge in [-0.2, -0.15) is 0 Å². The van der Waals surface area contributed by atoms with E-state index in [1.807, 2.05) is 25.1 Å². The summed E-state index contributed by atoms with van der Waals surface area (Å²) in [5, 5.41) is 8.75. The fourth-order valence-corrected chi connectivity index (χ4v) is 1.56. The number of fused-ring (bicyclic) bond motifs is 1. The Hall–Kier alpha value is -1.51. The third-order valence-electron chi connectivity index (χ3n) is 2.23. The minimum atomic E-state index is -0.893. The van der Waals surface area contributed by atoms with Gasteiger partial charge in [0.2, 0.25) is 0 Å². The lowest BCUT2D eigenvalue weighted by Gasteiger charge is -2.05. The number of carboxylic acids is 1. The smallest absolute Gasteiger partial charge is 0.345 e. The normalized spacial score (nSPS) is 19.3. The molecule has 0 saturated carbocycles. The number of aliphatic carboxylic acids is 1. The standard InChI is InChI=1S/C10H10O3/c1-6-3-2-4-7-5-8(10(11)12)13-9(6)7/h2-4,8H,5H2,1H3,(H,11,12)/t8-/m0/s1. The van der Waals surface area contributed by atoms with Crippen LogP contribution in [0.2, 0.25) is 0 Å². The summed E-state index contributed by atoms with van der Waals surface area (Å²) in [5.74, 6) is -0.148. The molecule has 0 spiro atoms. The molecular weight excluding hydrogens is 168 g/mol. The summed E-state index contributed by atoms with van der Waals surface area (Å²) in [6, 6.07) is 5.75. The van der Waals surface area contributed by atoms with Gasteiger partial charge in [0.05, 0.1) is 0 Å². The number of aryl methyl sites for hydroxylation is 1. The second-order valence-corrected chi connectivity index (χ2v) is 3.21. The van der Waals surface area contributed by atoms with Crippen molar-refractivity contribution in [2.75, 3.05) is 0 Å². The van der Waals surface area contributed by atoms with Crippen LogP contribution in [0.1, 0.15) is 11.1 Å². The van der Waals surface area contributed by atoms with Crippen LogP contribution >= 0.6 is 0 Å². The largest absolute Gasteiger partial charge is 0.478 e. The van der Waals surface area contributed by atoms with Crippen LogP contribution in [-0.2, 0) is 11.2 Å². The second kappa shape index (κ2) is 2.76. The molecule has 0 unspecified atom stereocenters. The maximum absolute atomic E-state index is 10.7. The van der Waals surface area contributed by atoms with Gasteiger partial charge in [0.15, 0.2) is 6.10 Å². The molecule has 0 amide bonds. The quantitative estimate of drug-likeness (QED) is 0.706. The molecule has 3 nitrogen and oxygen atoms in total. The molecular formula is C10H10O3. The highest BCUT2D eigenvalue weighted by Crippen LogP contribution is 2.31. The van der Waals surface area contributed by atoms with E-state index in [-0.39, 0.29) is 0 Å². The lowest BCUT2D eigenvalue weighted by Crippen LogP contribution is -2.24. The van der Waals surface area contributed by atoms with Gasteiger partial charge < -0.3 is 9.84 Å². The van der Waals surface area contributed by atoms with Crippen molar-refractivity contribution in [3.8, 4) is 5.75 Å². The van der Waals surface area contributed by atoms with Gasteiger partial charge in [-0.15, -0.1) is 0 Å². The first-order valence-corrected chi connectivity index (χ1v) is 4.16. The fourth-order valence-electron chi connectivity index (χ4n) is 1.56. The average Bonchev–Trinajstić information content (AvgIpc) is 2.49. The topological polar surface area (TPSA) is 46.5 Å². The molecule has 3 heteroatoms. The first kappa shape index (κ1) is 8.10. The highest BCUT2D eigenvalue weighted by atomic mass is 16.5. The molecule has 2 rings (SSSR count). The second-order valence-electron chi connectivity index (χ2n) is 3.21. The average molecular weight is 178 g/mol. The monoisotopic (exact) mass is 178 g/mol. The lowest BCUT2D eigenvalue weighted by atomic mass is 10.1. The van der Waals surface area contributed by atoms with Crippen molar-refractivity contribution in [3.63, 3.8) is 0 Å². The summed E-state index contributed by atoms with van der Waals surface area (Å²) in [6.07, 6.45) is -0.220. The summed E-state index contributed by atoms with van der Waals surface area (Å²) >= 11 is 0. The molecule has 0 saturated heterocycles.